The van der Waals surface area contributed by atoms with E-state index < -0.39 is 0 Å². The molecule has 1 saturated heterocycles. The summed E-state index contributed by atoms with van der Waals surface area (Å²) in [7, 11) is 0. The molecule has 0 amide bonds. The first-order valence-corrected chi connectivity index (χ1v) is 7.63. The lowest BCUT2D eigenvalue weighted by atomic mass is 10.2. The van der Waals surface area contributed by atoms with Gasteiger partial charge in [0.25, 0.3) is 0 Å². The van der Waals surface area contributed by atoms with Crippen LogP contribution < -0.4 is 4.90 Å². The summed E-state index contributed by atoms with van der Waals surface area (Å²) in [6, 6.07) is 0.869. The van der Waals surface area contributed by atoms with Gasteiger partial charge in [0.1, 0.15) is 0 Å². The number of nitrogens with one attached hydrogen (secondary N) is 1. The van der Waals surface area contributed by atoms with Crippen LogP contribution in [0.25, 0.3) is 0 Å². The third-order valence-electron chi connectivity index (χ3n) is 4.24. The fourth-order valence-corrected chi connectivity index (χ4v) is 3.45. The van der Waals surface area contributed by atoms with Crippen molar-refractivity contribution in [2.75, 3.05) is 18.1 Å². The highest BCUT2D eigenvalue weighted by Crippen LogP contribution is 2.33. The predicted octanol–water partition coefficient (Wildman–Crippen LogP) is 2.67. The predicted molar refractivity (Wildman–Crippen MR) is 77.1 cm³/mol. The van der Waals surface area contributed by atoms with Gasteiger partial charge in [0.2, 0.25) is 5.95 Å². The number of aromatic amines is 1. The van der Waals surface area contributed by atoms with E-state index in [9.17, 15) is 0 Å². The van der Waals surface area contributed by atoms with Gasteiger partial charge in [-0.25, -0.2) is 5.10 Å². The van der Waals surface area contributed by atoms with Crippen LogP contribution in [0.15, 0.2) is 0 Å². The smallest absolute Gasteiger partial charge is 0.226 e. The molecular formula is C13H22N4OS. The molecule has 0 spiro atoms. The molecule has 0 aromatic carbocycles. The van der Waals surface area contributed by atoms with Crippen molar-refractivity contribution >= 4 is 18.2 Å². The minimum Gasteiger partial charge on any atom is -0.375 e. The third-order valence-corrected chi connectivity index (χ3v) is 4.53. The van der Waals surface area contributed by atoms with Gasteiger partial charge < -0.3 is 9.64 Å². The minimum absolute atomic E-state index is 0.249. The average Bonchev–Trinajstić information content (AvgIpc) is 3.01. The van der Waals surface area contributed by atoms with Gasteiger partial charge in [-0.15, -0.1) is 5.10 Å². The van der Waals surface area contributed by atoms with Crippen LogP contribution in [0.5, 0.6) is 0 Å². The fraction of sp³-hybridized carbons (Fsp3) is 0.846. The second kappa shape index (κ2) is 5.25. The Balaban J connectivity index is 1.93. The molecule has 1 aliphatic heterocycles. The van der Waals surface area contributed by atoms with Gasteiger partial charge in [0.15, 0.2) is 4.77 Å². The van der Waals surface area contributed by atoms with E-state index in [1.54, 1.807) is 0 Å². The van der Waals surface area contributed by atoms with Crippen molar-refractivity contribution in [2.45, 2.75) is 57.7 Å². The molecule has 5 nitrogen and oxygen atoms in total. The quantitative estimate of drug-likeness (QED) is 0.847. The molecule has 1 N–H and O–H groups in total. The van der Waals surface area contributed by atoms with E-state index in [0.717, 1.165) is 23.9 Å². The minimum atomic E-state index is 0.249. The monoisotopic (exact) mass is 282 g/mol. The number of hydrogen-bond acceptors (Lipinski definition) is 4. The molecule has 3 rings (SSSR count). The van der Waals surface area contributed by atoms with Crippen LogP contribution in [0.2, 0.25) is 0 Å². The Kier molecular flexibility index (Phi) is 3.62. The van der Waals surface area contributed by atoms with Gasteiger partial charge in [0, 0.05) is 12.6 Å². The van der Waals surface area contributed by atoms with E-state index in [-0.39, 0.29) is 6.10 Å². The molecule has 1 saturated carbocycles. The first kappa shape index (κ1) is 13.1. The molecule has 1 aromatic heterocycles. The second-order valence-electron chi connectivity index (χ2n) is 5.78. The van der Waals surface area contributed by atoms with Gasteiger partial charge in [-0.05, 0) is 38.9 Å². The molecule has 2 atom stereocenters. The van der Waals surface area contributed by atoms with Crippen LogP contribution in [0.3, 0.4) is 0 Å². The molecule has 0 radical (unpaired) electrons. The number of rotatable bonds is 2. The Morgan fingerprint density at radius 2 is 2.05 bits per heavy atom. The van der Waals surface area contributed by atoms with E-state index in [2.05, 4.69) is 33.5 Å². The number of hydrogen-bond donors (Lipinski definition) is 1. The van der Waals surface area contributed by atoms with Gasteiger partial charge in [0.05, 0.1) is 18.8 Å². The average molecular weight is 282 g/mol. The molecule has 2 aliphatic rings. The highest BCUT2D eigenvalue weighted by molar-refractivity contribution is 7.71. The van der Waals surface area contributed by atoms with Crippen LogP contribution in [-0.2, 0) is 4.74 Å². The largest absolute Gasteiger partial charge is 0.375 e. The van der Waals surface area contributed by atoms with E-state index in [4.69, 9.17) is 17.0 Å². The molecule has 2 heterocycles. The Hall–Kier alpha value is -0.880. The van der Waals surface area contributed by atoms with Crippen molar-refractivity contribution in [1.82, 2.24) is 14.8 Å². The Morgan fingerprint density at radius 3 is 2.79 bits per heavy atom. The fourth-order valence-electron chi connectivity index (χ4n) is 3.17. The summed E-state index contributed by atoms with van der Waals surface area (Å²) in [6.07, 6.45) is 5.28. The molecule has 106 valence electrons. The number of nitrogens with zero attached hydrogens (tertiary/aromatic N) is 3. The lowest BCUT2D eigenvalue weighted by Gasteiger charge is -2.37. The zero-order chi connectivity index (χ0) is 13.4. The first-order valence-electron chi connectivity index (χ1n) is 7.22. The lowest BCUT2D eigenvalue weighted by molar-refractivity contribution is 0.0333. The lowest BCUT2D eigenvalue weighted by Crippen LogP contribution is -2.48. The third kappa shape index (κ3) is 2.43. The first-order chi connectivity index (χ1) is 9.16. The number of H-pyrrole nitrogens is 1. The van der Waals surface area contributed by atoms with Crippen LogP contribution in [0.1, 0.15) is 45.6 Å². The van der Waals surface area contributed by atoms with Crippen molar-refractivity contribution in [3.05, 3.63) is 4.77 Å². The zero-order valence-electron chi connectivity index (χ0n) is 11.6. The summed E-state index contributed by atoms with van der Waals surface area (Å²) < 4.78 is 8.69. The van der Waals surface area contributed by atoms with Crippen molar-refractivity contribution < 1.29 is 4.74 Å². The molecule has 19 heavy (non-hydrogen) atoms. The number of morpholine rings is 1. The van der Waals surface area contributed by atoms with Crippen molar-refractivity contribution in [3.8, 4) is 0 Å². The summed E-state index contributed by atoms with van der Waals surface area (Å²) >= 11 is 5.43. The van der Waals surface area contributed by atoms with Crippen molar-refractivity contribution in [2.24, 2.45) is 0 Å². The highest BCUT2D eigenvalue weighted by atomic mass is 32.1. The maximum atomic E-state index is 5.70. The normalized spacial score (nSPS) is 29.1. The zero-order valence-corrected chi connectivity index (χ0v) is 12.4. The molecular weight excluding hydrogens is 260 g/mol. The summed E-state index contributed by atoms with van der Waals surface area (Å²) in [5, 5.41) is 7.47. The maximum absolute atomic E-state index is 5.70. The van der Waals surface area contributed by atoms with Crippen LogP contribution >= 0.6 is 12.2 Å². The van der Waals surface area contributed by atoms with E-state index in [0.29, 0.717) is 12.1 Å². The molecule has 2 fully saturated rings. The molecule has 0 bridgehead atoms. The second-order valence-corrected chi connectivity index (χ2v) is 6.17. The van der Waals surface area contributed by atoms with Gasteiger partial charge in [-0.3, -0.25) is 4.57 Å². The van der Waals surface area contributed by atoms with E-state index in [1.165, 1.54) is 25.7 Å². The Morgan fingerprint density at radius 1 is 1.32 bits per heavy atom. The Bertz CT molecular complexity index is 491. The molecule has 1 aromatic rings. The highest BCUT2D eigenvalue weighted by Gasteiger charge is 2.30. The molecule has 1 aliphatic carbocycles. The topological polar surface area (TPSA) is 46.1 Å². The van der Waals surface area contributed by atoms with E-state index in [1.807, 2.05) is 0 Å². The van der Waals surface area contributed by atoms with Gasteiger partial charge >= 0.3 is 0 Å². The summed E-state index contributed by atoms with van der Waals surface area (Å²) in [5.41, 5.74) is 0. The SMILES string of the molecule is CC1CN(c2n[nH]c(=S)n2C2CCCC2)C(C)CO1. The van der Waals surface area contributed by atoms with Gasteiger partial charge in [-0.2, -0.15) is 0 Å². The van der Waals surface area contributed by atoms with Crippen LogP contribution in [0, 0.1) is 4.77 Å². The van der Waals surface area contributed by atoms with Crippen molar-refractivity contribution in [3.63, 3.8) is 0 Å². The standard InChI is InChI=1S/C13H22N4OS/c1-9-8-18-10(2)7-16(9)12-14-15-13(19)17(12)11-5-3-4-6-11/h9-11H,3-8H2,1-2H3,(H,15,19). The number of anilines is 1. The van der Waals surface area contributed by atoms with Gasteiger partial charge in [-0.1, -0.05) is 12.8 Å². The van der Waals surface area contributed by atoms with E-state index >= 15 is 0 Å². The Labute approximate surface area is 118 Å². The van der Waals surface area contributed by atoms with Crippen molar-refractivity contribution in [1.29, 1.82) is 0 Å². The van der Waals surface area contributed by atoms with Crippen LogP contribution in [-0.4, -0.2) is 40.1 Å². The number of aromatic nitrogens is 3. The molecule has 2 unspecified atom stereocenters. The number of ether oxygens (including phenoxy) is 1. The molecule has 6 heteroatoms. The summed E-state index contributed by atoms with van der Waals surface area (Å²) in [6.45, 7) is 5.93. The maximum Gasteiger partial charge on any atom is 0.226 e. The summed E-state index contributed by atoms with van der Waals surface area (Å²) in [5.74, 6) is 1.000. The summed E-state index contributed by atoms with van der Waals surface area (Å²) in [4.78, 5) is 2.33. The van der Waals surface area contributed by atoms with Crippen LogP contribution in [0.4, 0.5) is 5.95 Å².